The van der Waals surface area contributed by atoms with Crippen molar-refractivity contribution in [1.82, 2.24) is 4.31 Å². The van der Waals surface area contributed by atoms with E-state index in [1.807, 2.05) is 13.8 Å². The second-order valence-corrected chi connectivity index (χ2v) is 8.24. The topological polar surface area (TPSA) is 83.7 Å². The highest BCUT2D eigenvalue weighted by molar-refractivity contribution is 7.89. The molecule has 0 radical (unpaired) electrons. The zero-order chi connectivity index (χ0) is 16.7. The number of nitrogens with zero attached hydrogens (tertiary/aromatic N) is 2. The molecule has 22 heavy (non-hydrogen) atoms. The number of carbonyl (C=O) groups is 1. The molecule has 1 aromatic rings. The highest BCUT2D eigenvalue weighted by atomic mass is 32.2. The molecule has 2 rings (SSSR count). The molecule has 2 N–H and O–H groups in total. The molecule has 0 saturated carbocycles. The molecule has 0 saturated heterocycles. The van der Waals surface area contributed by atoms with Crippen LogP contribution in [-0.2, 0) is 21.2 Å². The number of hydrogen-bond donors (Lipinski definition) is 1. The third kappa shape index (κ3) is 2.88. The summed E-state index contributed by atoms with van der Waals surface area (Å²) in [6.45, 7) is 4.33. The number of nitrogens with two attached hydrogens (primary N) is 1. The maximum absolute atomic E-state index is 12.5. The number of benzene rings is 1. The molecule has 0 fully saturated rings. The molecule has 1 atom stereocenters. The Morgan fingerprint density at radius 2 is 1.95 bits per heavy atom. The van der Waals surface area contributed by atoms with Gasteiger partial charge in [0, 0.05) is 26.3 Å². The second-order valence-electron chi connectivity index (χ2n) is 6.09. The lowest BCUT2D eigenvalue weighted by Gasteiger charge is -2.24. The Labute approximate surface area is 131 Å². The average molecular weight is 325 g/mol. The lowest BCUT2D eigenvalue weighted by atomic mass is 10.0. The minimum Gasteiger partial charge on any atom is -0.320 e. The summed E-state index contributed by atoms with van der Waals surface area (Å²) in [5, 5.41) is 0. The predicted molar refractivity (Wildman–Crippen MR) is 86.2 cm³/mol. The largest absolute Gasteiger partial charge is 0.320 e. The Kier molecular flexibility index (Phi) is 4.60. The van der Waals surface area contributed by atoms with Gasteiger partial charge in [-0.2, -0.15) is 0 Å². The number of amides is 1. The molecule has 1 aliphatic heterocycles. The van der Waals surface area contributed by atoms with Crippen LogP contribution in [0.2, 0.25) is 0 Å². The highest BCUT2D eigenvalue weighted by Crippen LogP contribution is 2.31. The van der Waals surface area contributed by atoms with E-state index in [2.05, 4.69) is 0 Å². The molecule has 1 amide bonds. The molecule has 0 aromatic heterocycles. The smallest absolute Gasteiger partial charge is 0.244 e. The van der Waals surface area contributed by atoms with E-state index in [-0.39, 0.29) is 16.7 Å². The normalized spacial score (nSPS) is 16.2. The Hall–Kier alpha value is -1.44. The van der Waals surface area contributed by atoms with E-state index in [1.54, 1.807) is 23.1 Å². The molecule has 0 unspecified atom stereocenters. The summed E-state index contributed by atoms with van der Waals surface area (Å²) in [7, 11) is -0.548. The third-order valence-corrected chi connectivity index (χ3v) is 5.81. The maximum Gasteiger partial charge on any atom is 0.244 e. The van der Waals surface area contributed by atoms with E-state index in [4.69, 9.17) is 5.73 Å². The van der Waals surface area contributed by atoms with Gasteiger partial charge in [-0.1, -0.05) is 19.9 Å². The van der Waals surface area contributed by atoms with E-state index in [0.717, 1.165) is 9.87 Å². The number of anilines is 1. The maximum atomic E-state index is 12.5. The van der Waals surface area contributed by atoms with Gasteiger partial charge in [-0.25, -0.2) is 12.7 Å². The van der Waals surface area contributed by atoms with Crippen molar-refractivity contribution in [3.8, 4) is 0 Å². The van der Waals surface area contributed by atoms with Gasteiger partial charge >= 0.3 is 0 Å². The number of fused-ring (bicyclic) bond motifs is 1. The first-order valence-electron chi connectivity index (χ1n) is 7.28. The van der Waals surface area contributed by atoms with Gasteiger partial charge in [-0.3, -0.25) is 4.79 Å². The highest BCUT2D eigenvalue weighted by Gasteiger charge is 2.31. The molecule has 7 heteroatoms. The molecule has 1 heterocycles. The first kappa shape index (κ1) is 16.9. The summed E-state index contributed by atoms with van der Waals surface area (Å²) in [5.41, 5.74) is 7.58. The number of sulfonamides is 1. The molecular weight excluding hydrogens is 302 g/mol. The van der Waals surface area contributed by atoms with Gasteiger partial charge in [0.05, 0.1) is 10.9 Å². The van der Waals surface area contributed by atoms with Crippen LogP contribution in [0.4, 0.5) is 5.69 Å². The van der Waals surface area contributed by atoms with Gasteiger partial charge < -0.3 is 10.6 Å². The van der Waals surface area contributed by atoms with Crippen LogP contribution >= 0.6 is 0 Å². The fourth-order valence-electron chi connectivity index (χ4n) is 2.42. The van der Waals surface area contributed by atoms with Crippen LogP contribution in [0.25, 0.3) is 0 Å². The van der Waals surface area contributed by atoms with Gasteiger partial charge in [0.1, 0.15) is 0 Å². The fourth-order valence-corrected chi connectivity index (χ4v) is 3.35. The van der Waals surface area contributed by atoms with E-state index in [0.29, 0.717) is 18.7 Å². The van der Waals surface area contributed by atoms with Crippen molar-refractivity contribution in [2.75, 3.05) is 25.5 Å². The third-order valence-electron chi connectivity index (χ3n) is 4.00. The zero-order valence-electron chi connectivity index (χ0n) is 13.4. The van der Waals surface area contributed by atoms with Crippen molar-refractivity contribution in [1.29, 1.82) is 0 Å². The standard InChI is InChI=1S/C15H23N3O3S/c1-10(2)14(16)15(19)18-8-7-11-5-6-12(9-13(11)18)22(20,21)17(3)4/h5-6,9-10,14H,7-8,16H2,1-4H3/t14-/m0/s1. The zero-order valence-corrected chi connectivity index (χ0v) is 14.2. The second kappa shape index (κ2) is 5.98. The van der Waals surface area contributed by atoms with E-state index >= 15 is 0 Å². The number of rotatable bonds is 4. The molecule has 0 aliphatic carbocycles. The molecule has 122 valence electrons. The first-order valence-corrected chi connectivity index (χ1v) is 8.72. The lowest BCUT2D eigenvalue weighted by Crippen LogP contribution is -2.46. The van der Waals surface area contributed by atoms with Crippen molar-refractivity contribution in [2.45, 2.75) is 31.2 Å². The van der Waals surface area contributed by atoms with Crippen molar-refractivity contribution in [3.05, 3.63) is 23.8 Å². The minimum absolute atomic E-state index is 0.0326. The van der Waals surface area contributed by atoms with Gasteiger partial charge in [0.25, 0.3) is 0 Å². The van der Waals surface area contributed by atoms with Crippen molar-refractivity contribution in [2.24, 2.45) is 11.7 Å². The Morgan fingerprint density at radius 1 is 1.32 bits per heavy atom. The van der Waals surface area contributed by atoms with Crippen LogP contribution in [-0.4, -0.2) is 45.3 Å². The van der Waals surface area contributed by atoms with Crippen LogP contribution in [0.5, 0.6) is 0 Å². The van der Waals surface area contributed by atoms with Gasteiger partial charge in [-0.15, -0.1) is 0 Å². The quantitative estimate of drug-likeness (QED) is 0.888. The molecule has 6 nitrogen and oxygen atoms in total. The van der Waals surface area contributed by atoms with E-state index < -0.39 is 16.1 Å². The van der Waals surface area contributed by atoms with Crippen molar-refractivity contribution < 1.29 is 13.2 Å². The van der Waals surface area contributed by atoms with E-state index in [9.17, 15) is 13.2 Å². The first-order chi connectivity index (χ1) is 10.2. The van der Waals surface area contributed by atoms with Gasteiger partial charge in [0.15, 0.2) is 0 Å². The summed E-state index contributed by atoms with van der Waals surface area (Å²) in [6.07, 6.45) is 0.716. The van der Waals surface area contributed by atoms with Crippen LogP contribution in [0.15, 0.2) is 23.1 Å². The molecule has 0 spiro atoms. The average Bonchev–Trinajstić information content (AvgIpc) is 2.88. The van der Waals surface area contributed by atoms with Crippen molar-refractivity contribution in [3.63, 3.8) is 0 Å². The van der Waals surface area contributed by atoms with Crippen LogP contribution in [0, 0.1) is 5.92 Å². The summed E-state index contributed by atoms with van der Waals surface area (Å²) >= 11 is 0. The lowest BCUT2D eigenvalue weighted by molar-refractivity contribution is -0.120. The summed E-state index contributed by atoms with van der Waals surface area (Å²) < 4.78 is 25.7. The van der Waals surface area contributed by atoms with Crippen molar-refractivity contribution >= 4 is 21.6 Å². The number of hydrogen-bond acceptors (Lipinski definition) is 4. The Bertz CT molecular complexity index is 683. The molecule has 0 bridgehead atoms. The summed E-state index contributed by atoms with van der Waals surface area (Å²) in [4.78, 5) is 14.3. The molecule has 1 aliphatic rings. The Morgan fingerprint density at radius 3 is 2.50 bits per heavy atom. The van der Waals surface area contributed by atoms with E-state index in [1.165, 1.54) is 14.1 Å². The summed E-state index contributed by atoms with van der Waals surface area (Å²) in [5.74, 6) is -0.126. The molecule has 1 aromatic carbocycles. The SMILES string of the molecule is CC(C)[C@H](N)C(=O)N1CCc2ccc(S(=O)(=O)N(C)C)cc21. The summed E-state index contributed by atoms with van der Waals surface area (Å²) in [6, 6.07) is 4.35. The Balaban J connectivity index is 2.41. The number of carbonyl (C=O) groups excluding carboxylic acids is 1. The predicted octanol–water partition coefficient (Wildman–Crippen LogP) is 0.809. The van der Waals surface area contributed by atoms with Crippen LogP contribution in [0.1, 0.15) is 19.4 Å². The van der Waals surface area contributed by atoms with Gasteiger partial charge in [0.2, 0.25) is 15.9 Å². The van der Waals surface area contributed by atoms with Crippen LogP contribution in [0.3, 0.4) is 0 Å². The van der Waals surface area contributed by atoms with Crippen LogP contribution < -0.4 is 10.6 Å². The molecular formula is C15H23N3O3S. The monoisotopic (exact) mass is 325 g/mol. The fraction of sp³-hybridized carbons (Fsp3) is 0.533. The minimum atomic E-state index is -3.52. The van der Waals surface area contributed by atoms with Gasteiger partial charge in [-0.05, 0) is 30.0 Å².